The first-order valence-corrected chi connectivity index (χ1v) is 15.3. The number of aryl methyl sites for hydroxylation is 1. The van der Waals surface area contributed by atoms with E-state index in [2.05, 4.69) is 4.98 Å². The monoisotopic (exact) mass is 645 g/mol. The topological polar surface area (TPSA) is 99.0 Å². The smallest absolute Gasteiger partial charge is 0.419 e. The van der Waals surface area contributed by atoms with Crippen molar-refractivity contribution in [2.45, 2.75) is 84.5 Å². The molecule has 1 aromatic heterocycles. The van der Waals surface area contributed by atoms with Crippen molar-refractivity contribution in [1.29, 1.82) is 5.26 Å². The average molecular weight is 646 g/mol. The van der Waals surface area contributed by atoms with E-state index in [9.17, 15) is 22.8 Å². The van der Waals surface area contributed by atoms with Crippen molar-refractivity contribution in [1.82, 2.24) is 9.88 Å². The lowest BCUT2D eigenvalue weighted by atomic mass is 9.94. The molecular formula is C32H38F3N5O4S. The number of pyridine rings is 1. The Kier molecular flexibility index (Phi) is 9.68. The molecule has 0 bridgehead atoms. The largest absolute Gasteiger partial charge is 0.493 e. The molecule has 2 aromatic rings. The van der Waals surface area contributed by atoms with Crippen LogP contribution in [-0.2, 0) is 22.1 Å². The lowest BCUT2D eigenvalue weighted by Crippen LogP contribution is -2.44. The van der Waals surface area contributed by atoms with E-state index >= 15 is 0 Å². The van der Waals surface area contributed by atoms with Crippen molar-refractivity contribution in [3.63, 3.8) is 0 Å². The van der Waals surface area contributed by atoms with Gasteiger partial charge in [0.25, 0.3) is 5.91 Å². The third kappa shape index (κ3) is 7.32. The minimum atomic E-state index is -4.84. The number of rotatable bonds is 7. The number of carbonyl (C=O) groups is 2. The molecule has 0 spiro atoms. The van der Waals surface area contributed by atoms with Gasteiger partial charge in [-0.1, -0.05) is 6.92 Å². The zero-order valence-electron chi connectivity index (χ0n) is 26.3. The Morgan fingerprint density at radius 2 is 1.82 bits per heavy atom. The van der Waals surface area contributed by atoms with Crippen molar-refractivity contribution >= 4 is 40.7 Å². The molecule has 13 heteroatoms. The molecule has 0 saturated carbocycles. The van der Waals surface area contributed by atoms with Crippen LogP contribution < -0.4 is 14.5 Å². The fourth-order valence-corrected chi connectivity index (χ4v) is 6.05. The Bertz CT molecular complexity index is 1510. The lowest BCUT2D eigenvalue weighted by molar-refractivity contribution is -0.138. The van der Waals surface area contributed by atoms with Gasteiger partial charge in [0, 0.05) is 18.8 Å². The summed E-state index contributed by atoms with van der Waals surface area (Å²) in [6, 6.07) is 7.64. The molecule has 0 N–H and O–H groups in total. The summed E-state index contributed by atoms with van der Waals surface area (Å²) < 4.78 is 52.5. The summed E-state index contributed by atoms with van der Waals surface area (Å²) in [5.41, 5.74) is -2.45. The molecule has 242 valence electrons. The van der Waals surface area contributed by atoms with E-state index in [1.54, 1.807) is 29.7 Å². The summed E-state index contributed by atoms with van der Waals surface area (Å²) in [4.78, 5) is 33.9. The number of benzene rings is 1. The number of carbonyl (C=O) groups excluding carboxylic acids is 2. The summed E-state index contributed by atoms with van der Waals surface area (Å²) in [5.74, 6) is 0.593. The van der Waals surface area contributed by atoms with Crippen LogP contribution >= 0.6 is 12.2 Å². The predicted octanol–water partition coefficient (Wildman–Crippen LogP) is 6.87. The maximum absolute atomic E-state index is 13.6. The molecule has 2 aliphatic rings. The van der Waals surface area contributed by atoms with E-state index in [-0.39, 0.29) is 16.9 Å². The van der Waals surface area contributed by atoms with Gasteiger partial charge in [0.2, 0.25) is 0 Å². The zero-order valence-corrected chi connectivity index (χ0v) is 27.1. The van der Waals surface area contributed by atoms with Gasteiger partial charge < -0.3 is 19.3 Å². The molecule has 9 nitrogen and oxygen atoms in total. The number of hydrogen-bond acceptors (Lipinski definition) is 7. The van der Waals surface area contributed by atoms with Gasteiger partial charge in [-0.3, -0.25) is 9.69 Å². The highest BCUT2D eigenvalue weighted by Gasteiger charge is 2.51. The summed E-state index contributed by atoms with van der Waals surface area (Å²) in [6.07, 6.45) is -0.872. The number of nitriles is 1. The lowest BCUT2D eigenvalue weighted by Gasteiger charge is -2.33. The third-order valence-corrected chi connectivity index (χ3v) is 8.31. The molecule has 2 aliphatic heterocycles. The molecule has 2 fully saturated rings. The van der Waals surface area contributed by atoms with E-state index < -0.39 is 34.5 Å². The first-order valence-electron chi connectivity index (χ1n) is 14.9. The van der Waals surface area contributed by atoms with Crippen molar-refractivity contribution in [2.24, 2.45) is 5.92 Å². The van der Waals surface area contributed by atoms with Gasteiger partial charge >= 0.3 is 12.3 Å². The number of likely N-dealkylation sites (tertiary alicyclic amines) is 1. The van der Waals surface area contributed by atoms with Crippen LogP contribution in [0.1, 0.15) is 77.6 Å². The van der Waals surface area contributed by atoms with Crippen LogP contribution in [0.4, 0.5) is 29.3 Å². The number of thiocarbonyl (C=S) groups is 1. The highest BCUT2D eigenvalue weighted by molar-refractivity contribution is 7.81. The number of amides is 2. The first-order chi connectivity index (χ1) is 21.0. The summed E-state index contributed by atoms with van der Waals surface area (Å²) >= 11 is 5.65. The number of piperidine rings is 1. The number of hydrogen-bond donors (Lipinski definition) is 0. The Balaban J connectivity index is 1.45. The number of anilines is 2. The van der Waals surface area contributed by atoms with Gasteiger partial charge in [-0.05, 0) is 108 Å². The second kappa shape index (κ2) is 12.8. The molecule has 2 amide bonds. The molecule has 0 aliphatic carbocycles. The number of halogens is 3. The third-order valence-electron chi connectivity index (χ3n) is 7.94. The van der Waals surface area contributed by atoms with Gasteiger partial charge in [0.1, 0.15) is 23.0 Å². The normalized spacial score (nSPS) is 17.5. The second-order valence-electron chi connectivity index (χ2n) is 12.7. The van der Waals surface area contributed by atoms with E-state index in [1.165, 1.54) is 6.07 Å². The van der Waals surface area contributed by atoms with Gasteiger partial charge in [-0.15, -0.1) is 0 Å². The summed E-state index contributed by atoms with van der Waals surface area (Å²) in [7, 11) is 0. The molecule has 0 atom stereocenters. The SMILES string of the molecule is CCc1cc(N2C(=S)N(c3cnc(C#N)c(C(F)(F)F)c3)C(=O)C2(C)C)ccc1OCCC1CCN(C(=O)OC(C)(C)C)CC1. The van der Waals surface area contributed by atoms with Gasteiger partial charge in [-0.2, -0.15) is 18.4 Å². The van der Waals surface area contributed by atoms with Crippen LogP contribution in [-0.4, -0.2) is 57.8 Å². The maximum atomic E-state index is 13.6. The fourth-order valence-electron chi connectivity index (χ4n) is 5.53. The van der Waals surface area contributed by atoms with Crippen LogP contribution in [0.15, 0.2) is 30.5 Å². The quantitative estimate of drug-likeness (QED) is 0.301. The van der Waals surface area contributed by atoms with E-state index in [0.717, 1.165) is 42.0 Å². The van der Waals surface area contributed by atoms with Crippen molar-refractivity contribution < 1.29 is 32.2 Å². The minimum absolute atomic E-state index is 0.00178. The van der Waals surface area contributed by atoms with Crippen molar-refractivity contribution in [3.8, 4) is 11.8 Å². The molecule has 1 aromatic carbocycles. The zero-order chi connectivity index (χ0) is 33.3. The predicted molar refractivity (Wildman–Crippen MR) is 167 cm³/mol. The maximum Gasteiger partial charge on any atom is 0.419 e. The van der Waals surface area contributed by atoms with Crippen LogP contribution in [0.2, 0.25) is 0 Å². The van der Waals surface area contributed by atoms with Crippen molar-refractivity contribution in [2.75, 3.05) is 29.5 Å². The van der Waals surface area contributed by atoms with E-state index in [4.69, 9.17) is 27.0 Å². The standard InChI is InChI=1S/C32H38F3N5O4S/c1-7-21-16-22(8-9-26(21)43-15-12-20-10-13-38(14-11-20)29(42)44-30(2,3)4)40-28(45)39(27(41)31(40,5)6)23-17-24(32(33,34)35)25(18-36)37-19-23/h8-9,16-17,19-20H,7,10-15H2,1-6H3. The minimum Gasteiger partial charge on any atom is -0.493 e. The highest BCUT2D eigenvalue weighted by atomic mass is 32.1. The Morgan fingerprint density at radius 1 is 1.16 bits per heavy atom. The van der Waals surface area contributed by atoms with Crippen LogP contribution in [0, 0.1) is 17.2 Å². The number of ether oxygens (including phenoxy) is 2. The first kappa shape index (κ1) is 34.0. The molecule has 0 radical (unpaired) electrons. The summed E-state index contributed by atoms with van der Waals surface area (Å²) in [6.45, 7) is 12.6. The highest BCUT2D eigenvalue weighted by Crippen LogP contribution is 2.40. The average Bonchev–Trinajstić information content (AvgIpc) is 3.14. The Hall–Kier alpha value is -3.92. The van der Waals surface area contributed by atoms with Gasteiger partial charge in [0.05, 0.1) is 24.1 Å². The fraction of sp³-hybridized carbons (Fsp3) is 0.531. The number of aromatic nitrogens is 1. The molecule has 0 unspecified atom stereocenters. The molecule has 4 rings (SSSR count). The number of alkyl halides is 3. The van der Waals surface area contributed by atoms with Crippen molar-refractivity contribution in [3.05, 3.63) is 47.3 Å². The van der Waals surface area contributed by atoms with Crippen LogP contribution in [0.25, 0.3) is 0 Å². The van der Waals surface area contributed by atoms with E-state index in [0.29, 0.717) is 43.5 Å². The van der Waals surface area contributed by atoms with Gasteiger partial charge in [-0.25, -0.2) is 9.78 Å². The van der Waals surface area contributed by atoms with E-state index in [1.807, 2.05) is 39.8 Å². The van der Waals surface area contributed by atoms with Crippen LogP contribution in [0.5, 0.6) is 5.75 Å². The Morgan fingerprint density at radius 3 is 2.40 bits per heavy atom. The van der Waals surface area contributed by atoms with Crippen LogP contribution in [0.3, 0.4) is 0 Å². The molecule has 3 heterocycles. The number of nitrogens with zero attached hydrogens (tertiary/aromatic N) is 5. The molecule has 45 heavy (non-hydrogen) atoms. The molecular weight excluding hydrogens is 607 g/mol. The molecule has 2 saturated heterocycles. The van der Waals surface area contributed by atoms with Gasteiger partial charge in [0.15, 0.2) is 10.8 Å². The Labute approximate surface area is 266 Å². The summed E-state index contributed by atoms with van der Waals surface area (Å²) in [5, 5.41) is 9.11. The second-order valence-corrected chi connectivity index (χ2v) is 13.1.